The van der Waals surface area contributed by atoms with Crippen LogP contribution in [0, 0.1) is 20.8 Å². The molecule has 2 N–H and O–H groups in total. The lowest BCUT2D eigenvalue weighted by atomic mass is 10.1. The van der Waals surface area contributed by atoms with E-state index in [1.54, 1.807) is 4.68 Å². The van der Waals surface area contributed by atoms with Crippen LogP contribution in [0.5, 0.6) is 0 Å². The van der Waals surface area contributed by atoms with Gasteiger partial charge in [0.25, 0.3) is 5.89 Å². The fourth-order valence-corrected chi connectivity index (χ4v) is 2.72. The third-order valence-electron chi connectivity index (χ3n) is 4.45. The number of aryl methyl sites for hydroxylation is 2. The topological polar surface area (TPSA) is 95.7 Å². The van der Waals surface area contributed by atoms with Gasteiger partial charge in [0.2, 0.25) is 5.82 Å². The molecular formula is C19H18N6O. The molecule has 0 saturated heterocycles. The number of nitrogens with two attached hydrogens (primary N) is 1. The van der Waals surface area contributed by atoms with Gasteiger partial charge >= 0.3 is 0 Å². The molecule has 0 saturated carbocycles. The molecule has 4 aromatic rings. The van der Waals surface area contributed by atoms with Crippen LogP contribution >= 0.6 is 0 Å². The second-order valence-electron chi connectivity index (χ2n) is 6.24. The van der Waals surface area contributed by atoms with Crippen molar-refractivity contribution in [3.8, 4) is 28.7 Å². The second-order valence-corrected chi connectivity index (χ2v) is 6.24. The average molecular weight is 346 g/mol. The van der Waals surface area contributed by atoms with Crippen molar-refractivity contribution in [2.45, 2.75) is 20.8 Å². The van der Waals surface area contributed by atoms with Crippen molar-refractivity contribution in [3.05, 3.63) is 59.2 Å². The van der Waals surface area contributed by atoms with Crippen molar-refractivity contribution in [2.24, 2.45) is 0 Å². The first-order chi connectivity index (χ1) is 12.5. The van der Waals surface area contributed by atoms with Crippen LogP contribution in [0.2, 0.25) is 0 Å². The van der Waals surface area contributed by atoms with Crippen LogP contribution in [0.1, 0.15) is 16.7 Å². The molecule has 7 heteroatoms. The van der Waals surface area contributed by atoms with Crippen molar-refractivity contribution in [1.29, 1.82) is 0 Å². The number of anilines is 1. The Morgan fingerprint density at radius 3 is 2.54 bits per heavy atom. The highest BCUT2D eigenvalue weighted by atomic mass is 16.5. The Morgan fingerprint density at radius 2 is 1.77 bits per heavy atom. The minimum atomic E-state index is 0.245. The Hall–Kier alpha value is -3.48. The van der Waals surface area contributed by atoms with E-state index in [1.165, 1.54) is 0 Å². The lowest BCUT2D eigenvalue weighted by Crippen LogP contribution is -2.05. The standard InChI is InChI=1S/C19H18N6O/c1-11-7-9-14(10-8-11)18-21-19(26-23-18)16-17(20)25(24-22-16)15-6-4-5-12(2)13(15)3/h4-10H,20H2,1-3H3. The summed E-state index contributed by atoms with van der Waals surface area (Å²) in [5.74, 6) is 1.09. The Balaban J connectivity index is 1.73. The molecule has 0 amide bonds. The zero-order valence-electron chi connectivity index (χ0n) is 14.8. The number of rotatable bonds is 3. The van der Waals surface area contributed by atoms with E-state index in [9.17, 15) is 0 Å². The molecule has 2 aromatic heterocycles. The number of benzene rings is 2. The number of aromatic nitrogens is 5. The van der Waals surface area contributed by atoms with E-state index >= 15 is 0 Å². The maximum atomic E-state index is 6.26. The molecule has 0 fully saturated rings. The summed E-state index contributed by atoms with van der Waals surface area (Å²) in [7, 11) is 0. The zero-order valence-corrected chi connectivity index (χ0v) is 14.8. The van der Waals surface area contributed by atoms with Crippen molar-refractivity contribution in [3.63, 3.8) is 0 Å². The van der Waals surface area contributed by atoms with Gasteiger partial charge in [-0.25, -0.2) is 0 Å². The summed E-state index contributed by atoms with van der Waals surface area (Å²) in [5.41, 5.74) is 11.8. The van der Waals surface area contributed by atoms with E-state index in [2.05, 4.69) is 20.5 Å². The molecule has 0 bridgehead atoms. The van der Waals surface area contributed by atoms with Gasteiger partial charge in [-0.3, -0.25) is 0 Å². The molecule has 0 unspecified atom stereocenters. The molecule has 4 rings (SSSR count). The monoisotopic (exact) mass is 346 g/mol. The number of hydrogen-bond donors (Lipinski definition) is 1. The second kappa shape index (κ2) is 6.11. The Morgan fingerprint density at radius 1 is 1.00 bits per heavy atom. The van der Waals surface area contributed by atoms with Crippen LogP contribution in [0.15, 0.2) is 47.0 Å². The predicted octanol–water partition coefficient (Wildman–Crippen LogP) is 3.49. The molecule has 2 heterocycles. The Kier molecular flexibility index (Phi) is 3.76. The molecular weight excluding hydrogens is 328 g/mol. The van der Waals surface area contributed by atoms with Gasteiger partial charge in [-0.2, -0.15) is 9.67 Å². The number of nitrogen functional groups attached to an aromatic ring is 1. The average Bonchev–Trinajstić information content (AvgIpc) is 3.25. The molecule has 26 heavy (non-hydrogen) atoms. The molecule has 0 radical (unpaired) electrons. The summed E-state index contributed by atoms with van der Waals surface area (Å²) in [6.45, 7) is 6.09. The summed E-state index contributed by atoms with van der Waals surface area (Å²) < 4.78 is 6.95. The quantitative estimate of drug-likeness (QED) is 0.610. The molecule has 2 aromatic carbocycles. The fourth-order valence-electron chi connectivity index (χ4n) is 2.72. The largest absolute Gasteiger partial charge is 0.382 e. The molecule has 130 valence electrons. The predicted molar refractivity (Wildman–Crippen MR) is 98.7 cm³/mol. The molecule has 0 aliphatic rings. The summed E-state index contributed by atoms with van der Waals surface area (Å²) >= 11 is 0. The highest BCUT2D eigenvalue weighted by Crippen LogP contribution is 2.28. The first-order valence-corrected chi connectivity index (χ1v) is 8.23. The SMILES string of the molecule is Cc1ccc(-c2noc(-c3nnn(-c4cccc(C)c4C)c3N)n2)cc1. The van der Waals surface area contributed by atoms with E-state index in [0.29, 0.717) is 17.3 Å². The summed E-state index contributed by atoms with van der Waals surface area (Å²) in [4.78, 5) is 4.41. The van der Waals surface area contributed by atoms with Gasteiger partial charge in [0.15, 0.2) is 11.5 Å². The van der Waals surface area contributed by atoms with Gasteiger partial charge in [0, 0.05) is 5.56 Å². The minimum Gasteiger partial charge on any atom is -0.382 e. The van der Waals surface area contributed by atoms with E-state index in [1.807, 2.05) is 63.2 Å². The highest BCUT2D eigenvalue weighted by molar-refractivity contribution is 5.67. The van der Waals surface area contributed by atoms with Gasteiger partial charge in [0.05, 0.1) is 5.69 Å². The van der Waals surface area contributed by atoms with Crippen LogP contribution in [0.3, 0.4) is 0 Å². The van der Waals surface area contributed by atoms with Crippen molar-refractivity contribution in [2.75, 3.05) is 5.73 Å². The lowest BCUT2D eigenvalue weighted by molar-refractivity contribution is 0.431. The summed E-state index contributed by atoms with van der Waals surface area (Å²) in [6, 6.07) is 13.8. The van der Waals surface area contributed by atoms with Crippen molar-refractivity contribution >= 4 is 5.82 Å². The Bertz CT molecular complexity index is 1080. The first-order valence-electron chi connectivity index (χ1n) is 8.23. The van der Waals surface area contributed by atoms with E-state index in [0.717, 1.165) is 27.9 Å². The summed E-state index contributed by atoms with van der Waals surface area (Å²) in [6.07, 6.45) is 0. The van der Waals surface area contributed by atoms with Gasteiger partial charge in [-0.15, -0.1) is 5.10 Å². The highest BCUT2D eigenvalue weighted by Gasteiger charge is 2.20. The van der Waals surface area contributed by atoms with E-state index < -0.39 is 0 Å². The van der Waals surface area contributed by atoms with E-state index in [4.69, 9.17) is 10.3 Å². The van der Waals surface area contributed by atoms with Crippen LogP contribution in [0.4, 0.5) is 5.82 Å². The smallest absolute Gasteiger partial charge is 0.282 e. The van der Waals surface area contributed by atoms with Crippen molar-refractivity contribution < 1.29 is 4.52 Å². The third kappa shape index (κ3) is 2.63. The van der Waals surface area contributed by atoms with Crippen LogP contribution in [-0.4, -0.2) is 25.1 Å². The zero-order chi connectivity index (χ0) is 18.3. The normalized spacial score (nSPS) is 11.0. The van der Waals surface area contributed by atoms with Crippen LogP contribution in [-0.2, 0) is 0 Å². The van der Waals surface area contributed by atoms with Gasteiger partial charge in [-0.05, 0) is 38.0 Å². The summed E-state index contributed by atoms with van der Waals surface area (Å²) in [5, 5.41) is 12.3. The van der Waals surface area contributed by atoms with Gasteiger partial charge in [0.1, 0.15) is 0 Å². The molecule has 0 aliphatic heterocycles. The number of hydrogen-bond acceptors (Lipinski definition) is 6. The van der Waals surface area contributed by atoms with Crippen molar-refractivity contribution in [1.82, 2.24) is 25.1 Å². The van der Waals surface area contributed by atoms with E-state index in [-0.39, 0.29) is 5.89 Å². The Labute approximate surface area is 150 Å². The van der Waals surface area contributed by atoms with Crippen LogP contribution < -0.4 is 5.73 Å². The number of nitrogens with zero attached hydrogens (tertiary/aromatic N) is 5. The molecule has 0 spiro atoms. The first kappa shape index (κ1) is 16.0. The van der Waals surface area contributed by atoms with Gasteiger partial charge in [-0.1, -0.05) is 52.3 Å². The molecule has 0 atom stereocenters. The molecule has 7 nitrogen and oxygen atoms in total. The third-order valence-corrected chi connectivity index (χ3v) is 4.45. The maximum absolute atomic E-state index is 6.26. The maximum Gasteiger partial charge on any atom is 0.282 e. The minimum absolute atomic E-state index is 0.245. The van der Waals surface area contributed by atoms with Crippen LogP contribution in [0.25, 0.3) is 28.7 Å². The van der Waals surface area contributed by atoms with Gasteiger partial charge < -0.3 is 10.3 Å². The fraction of sp³-hybridized carbons (Fsp3) is 0.158. The molecule has 0 aliphatic carbocycles. The lowest BCUT2D eigenvalue weighted by Gasteiger charge is -2.08.